The number of aryl methyl sites for hydroxylation is 2. The lowest BCUT2D eigenvalue weighted by Crippen LogP contribution is -2.53. The normalized spacial score (nSPS) is 18.4. The Kier molecular flexibility index (Phi) is 5.03. The summed E-state index contributed by atoms with van der Waals surface area (Å²) in [5, 5.41) is 3.03. The third-order valence-corrected chi connectivity index (χ3v) is 5.58. The van der Waals surface area contributed by atoms with Crippen LogP contribution in [-0.4, -0.2) is 53.7 Å². The van der Waals surface area contributed by atoms with E-state index >= 15 is 0 Å². The van der Waals surface area contributed by atoms with Crippen LogP contribution >= 0.6 is 0 Å². The van der Waals surface area contributed by atoms with Crippen molar-refractivity contribution in [1.29, 1.82) is 0 Å². The van der Waals surface area contributed by atoms with Gasteiger partial charge in [0.2, 0.25) is 17.7 Å². The fourth-order valence-electron chi connectivity index (χ4n) is 3.63. The first-order valence-corrected chi connectivity index (χ1v) is 9.34. The van der Waals surface area contributed by atoms with Gasteiger partial charge in [-0.1, -0.05) is 25.1 Å². The summed E-state index contributed by atoms with van der Waals surface area (Å²) in [7, 11) is 0. The van der Waals surface area contributed by atoms with Crippen LogP contribution in [0.4, 0.5) is 5.69 Å². The second kappa shape index (κ2) is 7.09. The van der Waals surface area contributed by atoms with Crippen molar-refractivity contribution >= 4 is 23.4 Å². The van der Waals surface area contributed by atoms with Gasteiger partial charge in [-0.05, 0) is 37.3 Å². The molecule has 2 fully saturated rings. The number of amides is 3. The summed E-state index contributed by atoms with van der Waals surface area (Å²) >= 11 is 0. The molecule has 2 aliphatic rings. The van der Waals surface area contributed by atoms with E-state index < -0.39 is 5.41 Å². The van der Waals surface area contributed by atoms with Crippen LogP contribution in [-0.2, 0) is 20.8 Å². The van der Waals surface area contributed by atoms with E-state index in [9.17, 15) is 14.4 Å². The van der Waals surface area contributed by atoms with Gasteiger partial charge in [-0.2, -0.15) is 0 Å². The zero-order chi connectivity index (χ0) is 18.9. The molecule has 1 aliphatic heterocycles. The number of rotatable bonds is 4. The van der Waals surface area contributed by atoms with Crippen LogP contribution in [0.25, 0.3) is 0 Å². The number of hydrogen-bond acceptors (Lipinski definition) is 3. The highest BCUT2D eigenvalue weighted by Gasteiger charge is 2.58. The number of carbonyl (C=O) groups is 3. The standard InChI is InChI=1S/C20H27N3O3/c1-4-16-7-5-6-14(2)17(16)21-18(25)20(8-9-20)19(26)23-12-10-22(11-13-23)15(3)24/h5-7H,4,8-13H2,1-3H3,(H,21,25). The maximum Gasteiger partial charge on any atom is 0.240 e. The Bertz CT molecular complexity index is 732. The van der Waals surface area contributed by atoms with E-state index in [1.165, 1.54) is 0 Å². The number of nitrogens with one attached hydrogen (secondary N) is 1. The molecule has 6 nitrogen and oxygen atoms in total. The van der Waals surface area contributed by atoms with Gasteiger partial charge >= 0.3 is 0 Å². The van der Waals surface area contributed by atoms with Gasteiger partial charge in [0.05, 0.1) is 0 Å². The molecule has 0 bridgehead atoms. The van der Waals surface area contributed by atoms with Gasteiger partial charge in [0.1, 0.15) is 5.41 Å². The smallest absolute Gasteiger partial charge is 0.240 e. The van der Waals surface area contributed by atoms with Gasteiger partial charge < -0.3 is 15.1 Å². The molecule has 1 aromatic rings. The summed E-state index contributed by atoms with van der Waals surface area (Å²) < 4.78 is 0. The molecule has 1 N–H and O–H groups in total. The van der Waals surface area contributed by atoms with Gasteiger partial charge in [0, 0.05) is 38.8 Å². The van der Waals surface area contributed by atoms with Crippen molar-refractivity contribution in [3.05, 3.63) is 29.3 Å². The number of carbonyl (C=O) groups excluding carboxylic acids is 3. The number of nitrogens with zero attached hydrogens (tertiary/aromatic N) is 2. The van der Waals surface area contributed by atoms with Crippen molar-refractivity contribution in [1.82, 2.24) is 9.80 Å². The maximum atomic E-state index is 13.0. The summed E-state index contributed by atoms with van der Waals surface area (Å²) in [6.45, 7) is 7.64. The highest BCUT2D eigenvalue weighted by atomic mass is 16.2. The fourth-order valence-corrected chi connectivity index (χ4v) is 3.63. The zero-order valence-electron chi connectivity index (χ0n) is 15.8. The molecule has 6 heteroatoms. The summed E-state index contributed by atoms with van der Waals surface area (Å²) in [5.74, 6) is -0.257. The first kappa shape index (κ1) is 18.4. The minimum Gasteiger partial charge on any atom is -0.339 e. The van der Waals surface area contributed by atoms with E-state index in [4.69, 9.17) is 0 Å². The molecular formula is C20H27N3O3. The van der Waals surface area contributed by atoms with Crippen LogP contribution in [0.15, 0.2) is 18.2 Å². The second-order valence-corrected chi connectivity index (χ2v) is 7.30. The van der Waals surface area contributed by atoms with Crippen LogP contribution in [0.1, 0.15) is 37.8 Å². The van der Waals surface area contributed by atoms with Crippen LogP contribution in [0, 0.1) is 12.3 Å². The number of anilines is 1. The summed E-state index contributed by atoms with van der Waals surface area (Å²) in [6.07, 6.45) is 2.01. The second-order valence-electron chi connectivity index (χ2n) is 7.30. The Morgan fingerprint density at radius 3 is 2.23 bits per heavy atom. The van der Waals surface area contributed by atoms with Crippen LogP contribution in [0.3, 0.4) is 0 Å². The molecule has 3 rings (SSSR count). The number of benzene rings is 1. The predicted octanol–water partition coefficient (Wildman–Crippen LogP) is 1.97. The van der Waals surface area contributed by atoms with Crippen LogP contribution in [0.2, 0.25) is 0 Å². The molecule has 0 radical (unpaired) electrons. The fraction of sp³-hybridized carbons (Fsp3) is 0.550. The Morgan fingerprint density at radius 1 is 1.08 bits per heavy atom. The van der Waals surface area contributed by atoms with Crippen molar-refractivity contribution in [2.45, 2.75) is 40.0 Å². The summed E-state index contributed by atoms with van der Waals surface area (Å²) in [4.78, 5) is 40.9. The molecule has 1 saturated heterocycles. The lowest BCUT2D eigenvalue weighted by molar-refractivity contribution is -0.146. The number of para-hydroxylation sites is 1. The van der Waals surface area contributed by atoms with Gasteiger partial charge in [-0.3, -0.25) is 14.4 Å². The molecule has 3 amide bonds. The lowest BCUT2D eigenvalue weighted by atomic mass is 10.0. The van der Waals surface area contributed by atoms with Crippen LogP contribution < -0.4 is 5.32 Å². The minimum absolute atomic E-state index is 0.0302. The lowest BCUT2D eigenvalue weighted by Gasteiger charge is -2.36. The van der Waals surface area contributed by atoms with Crippen molar-refractivity contribution in [3.63, 3.8) is 0 Å². The van der Waals surface area contributed by atoms with E-state index in [-0.39, 0.29) is 17.7 Å². The van der Waals surface area contributed by atoms with Gasteiger partial charge in [-0.25, -0.2) is 0 Å². The third kappa shape index (κ3) is 3.32. The average molecular weight is 357 g/mol. The SMILES string of the molecule is CCc1cccc(C)c1NC(=O)C1(C(=O)N2CCN(C(C)=O)CC2)CC1. The molecule has 1 aromatic carbocycles. The highest BCUT2D eigenvalue weighted by Crippen LogP contribution is 2.48. The molecule has 1 aliphatic carbocycles. The summed E-state index contributed by atoms with van der Waals surface area (Å²) in [5.41, 5.74) is 2.00. The quantitative estimate of drug-likeness (QED) is 0.838. The van der Waals surface area contributed by atoms with Gasteiger partial charge in [0.25, 0.3) is 0 Å². The van der Waals surface area contributed by atoms with Crippen molar-refractivity contribution in [3.8, 4) is 0 Å². The largest absolute Gasteiger partial charge is 0.339 e. The average Bonchev–Trinajstić information content (AvgIpc) is 3.44. The number of hydrogen-bond donors (Lipinski definition) is 1. The van der Waals surface area contributed by atoms with Gasteiger partial charge in [-0.15, -0.1) is 0 Å². The zero-order valence-corrected chi connectivity index (χ0v) is 15.8. The Morgan fingerprint density at radius 2 is 1.69 bits per heavy atom. The Labute approximate surface area is 154 Å². The monoisotopic (exact) mass is 357 g/mol. The van der Waals surface area contributed by atoms with E-state index in [1.54, 1.807) is 16.7 Å². The predicted molar refractivity (Wildman–Crippen MR) is 99.7 cm³/mol. The molecular weight excluding hydrogens is 330 g/mol. The number of piperazine rings is 1. The molecule has 0 unspecified atom stereocenters. The first-order valence-electron chi connectivity index (χ1n) is 9.34. The summed E-state index contributed by atoms with van der Waals surface area (Å²) in [6, 6.07) is 5.96. The van der Waals surface area contributed by atoms with Crippen molar-refractivity contribution in [2.24, 2.45) is 5.41 Å². The molecule has 0 spiro atoms. The molecule has 0 aromatic heterocycles. The topological polar surface area (TPSA) is 69.7 Å². The maximum absolute atomic E-state index is 13.0. The molecule has 0 atom stereocenters. The molecule has 1 saturated carbocycles. The Hall–Kier alpha value is -2.37. The minimum atomic E-state index is -0.925. The van der Waals surface area contributed by atoms with Crippen LogP contribution in [0.5, 0.6) is 0 Å². The van der Waals surface area contributed by atoms with Gasteiger partial charge in [0.15, 0.2) is 0 Å². The molecule has 140 valence electrons. The third-order valence-electron chi connectivity index (χ3n) is 5.58. The van der Waals surface area contributed by atoms with E-state index in [1.807, 2.05) is 25.1 Å². The Balaban J connectivity index is 1.70. The molecule has 26 heavy (non-hydrogen) atoms. The molecule has 1 heterocycles. The van der Waals surface area contributed by atoms with E-state index in [0.29, 0.717) is 39.0 Å². The van der Waals surface area contributed by atoms with E-state index in [0.717, 1.165) is 23.2 Å². The van der Waals surface area contributed by atoms with E-state index in [2.05, 4.69) is 12.2 Å². The first-order chi connectivity index (χ1) is 12.4. The highest BCUT2D eigenvalue weighted by molar-refractivity contribution is 6.13. The van der Waals surface area contributed by atoms with Crippen molar-refractivity contribution < 1.29 is 14.4 Å². The van der Waals surface area contributed by atoms with Crippen molar-refractivity contribution in [2.75, 3.05) is 31.5 Å².